The van der Waals surface area contributed by atoms with E-state index in [1.165, 1.54) is 76.2 Å². The summed E-state index contributed by atoms with van der Waals surface area (Å²) in [6.45, 7) is 6.92. The van der Waals surface area contributed by atoms with Gasteiger partial charge in [0, 0.05) is 0 Å². The number of carbonyl (C=O) groups excluding carboxylic acids is 1. The number of nitrogens with zero attached hydrogens (tertiary/aromatic N) is 1. The van der Waals surface area contributed by atoms with Crippen LogP contribution >= 0.6 is 0 Å². The van der Waals surface area contributed by atoms with Gasteiger partial charge in [-0.3, -0.25) is 0 Å². The van der Waals surface area contributed by atoms with Crippen molar-refractivity contribution in [3.05, 3.63) is 64.7 Å². The SMILES string of the molecule is CCCCCCCc1ccc(OC(=O)c2ccc(C3CCC(C(C)CCCC)CC3)cc2)c(C#N)c1. The molecule has 0 amide bonds. The van der Waals surface area contributed by atoms with Gasteiger partial charge < -0.3 is 4.74 Å². The molecule has 0 aromatic heterocycles. The summed E-state index contributed by atoms with van der Waals surface area (Å²) in [7, 11) is 0. The van der Waals surface area contributed by atoms with E-state index in [2.05, 4.69) is 39.0 Å². The van der Waals surface area contributed by atoms with Crippen LogP contribution in [0.2, 0.25) is 0 Å². The molecule has 0 N–H and O–H groups in total. The first kappa shape index (κ1) is 28.0. The molecule has 3 rings (SSSR count). The van der Waals surface area contributed by atoms with Gasteiger partial charge in [0.25, 0.3) is 0 Å². The summed E-state index contributed by atoms with van der Waals surface area (Å²) in [5, 5.41) is 9.60. The average Bonchev–Trinajstić information content (AvgIpc) is 2.92. The molecule has 0 radical (unpaired) electrons. The van der Waals surface area contributed by atoms with E-state index in [1.807, 2.05) is 24.3 Å². The van der Waals surface area contributed by atoms with Crippen molar-refractivity contribution in [2.24, 2.45) is 11.8 Å². The minimum atomic E-state index is -0.404. The molecule has 0 saturated heterocycles. The standard InChI is InChI=1S/C33H45NO2/c1-4-6-8-9-10-12-26-13-22-32(31(23-26)24-34)36-33(35)30-20-18-29(19-21-30)28-16-14-27(15-17-28)25(3)11-7-5-2/h13,18-23,25,27-28H,4-12,14-17H2,1-3H3. The molecule has 0 aliphatic heterocycles. The van der Waals surface area contributed by atoms with Gasteiger partial charge in [-0.2, -0.15) is 5.26 Å². The van der Waals surface area contributed by atoms with E-state index in [0.717, 1.165) is 30.2 Å². The van der Waals surface area contributed by atoms with Gasteiger partial charge in [0.15, 0.2) is 0 Å². The smallest absolute Gasteiger partial charge is 0.343 e. The van der Waals surface area contributed by atoms with Crippen LogP contribution in [-0.2, 0) is 6.42 Å². The van der Waals surface area contributed by atoms with Gasteiger partial charge in [0.1, 0.15) is 11.8 Å². The van der Waals surface area contributed by atoms with Crippen molar-refractivity contribution in [1.82, 2.24) is 0 Å². The maximum atomic E-state index is 12.8. The monoisotopic (exact) mass is 487 g/mol. The van der Waals surface area contributed by atoms with E-state index in [-0.39, 0.29) is 0 Å². The molecule has 194 valence electrons. The van der Waals surface area contributed by atoms with E-state index in [0.29, 0.717) is 22.8 Å². The fourth-order valence-corrected chi connectivity index (χ4v) is 5.68. The molecular weight excluding hydrogens is 442 g/mol. The lowest BCUT2D eigenvalue weighted by Crippen LogP contribution is -2.19. The van der Waals surface area contributed by atoms with Gasteiger partial charge >= 0.3 is 5.97 Å². The Balaban J connectivity index is 1.52. The lowest BCUT2D eigenvalue weighted by molar-refractivity contribution is 0.0734. The first-order chi connectivity index (χ1) is 17.5. The fourth-order valence-electron chi connectivity index (χ4n) is 5.68. The van der Waals surface area contributed by atoms with E-state index in [1.54, 1.807) is 6.07 Å². The Morgan fingerprint density at radius 2 is 1.64 bits per heavy atom. The second-order valence-corrected chi connectivity index (χ2v) is 10.8. The van der Waals surface area contributed by atoms with Crippen molar-refractivity contribution in [2.75, 3.05) is 0 Å². The summed E-state index contributed by atoms with van der Waals surface area (Å²) in [5.74, 6) is 2.23. The normalized spacial score (nSPS) is 18.4. The first-order valence-corrected chi connectivity index (χ1v) is 14.4. The molecule has 2 aromatic rings. The minimum Gasteiger partial charge on any atom is -0.422 e. The topological polar surface area (TPSA) is 50.1 Å². The van der Waals surface area contributed by atoms with Gasteiger partial charge in [-0.1, -0.05) is 83.9 Å². The Bertz CT molecular complexity index is 980. The lowest BCUT2D eigenvalue weighted by Gasteiger charge is -2.32. The van der Waals surface area contributed by atoms with Crippen molar-refractivity contribution < 1.29 is 9.53 Å². The molecule has 1 aliphatic carbocycles. The number of unbranched alkanes of at least 4 members (excludes halogenated alkanes) is 5. The number of nitriles is 1. The van der Waals surface area contributed by atoms with E-state index < -0.39 is 5.97 Å². The fraction of sp³-hybridized carbons (Fsp3) is 0.576. The molecule has 2 aromatic carbocycles. The van der Waals surface area contributed by atoms with Crippen molar-refractivity contribution in [2.45, 2.75) is 110 Å². The number of carbonyl (C=O) groups is 1. The summed E-state index contributed by atoms with van der Waals surface area (Å²) in [5.41, 5.74) is 3.41. The van der Waals surface area contributed by atoms with Crippen molar-refractivity contribution in [3.8, 4) is 11.8 Å². The molecule has 1 atom stereocenters. The Kier molecular flexibility index (Phi) is 11.5. The quantitative estimate of drug-likeness (QED) is 0.161. The van der Waals surface area contributed by atoms with Gasteiger partial charge in [-0.25, -0.2) is 4.79 Å². The predicted molar refractivity (Wildman–Crippen MR) is 148 cm³/mol. The molecule has 0 spiro atoms. The zero-order chi connectivity index (χ0) is 25.8. The van der Waals surface area contributed by atoms with Crippen LogP contribution in [-0.4, -0.2) is 5.97 Å². The van der Waals surface area contributed by atoms with Crippen molar-refractivity contribution in [3.63, 3.8) is 0 Å². The number of aryl methyl sites for hydroxylation is 1. The summed E-state index contributed by atoms with van der Waals surface area (Å²) in [6.07, 6.45) is 16.1. The Labute approximate surface area is 219 Å². The number of hydrogen-bond donors (Lipinski definition) is 0. The highest BCUT2D eigenvalue weighted by Crippen LogP contribution is 2.40. The molecule has 0 bridgehead atoms. The molecule has 3 nitrogen and oxygen atoms in total. The molecule has 36 heavy (non-hydrogen) atoms. The summed E-state index contributed by atoms with van der Waals surface area (Å²) in [6, 6.07) is 15.8. The average molecular weight is 488 g/mol. The second-order valence-electron chi connectivity index (χ2n) is 10.8. The second kappa shape index (κ2) is 14.8. The van der Waals surface area contributed by atoms with E-state index in [9.17, 15) is 10.1 Å². The van der Waals surface area contributed by atoms with Gasteiger partial charge in [-0.05, 0) is 91.7 Å². The zero-order valence-electron chi connectivity index (χ0n) is 22.7. The molecular formula is C33H45NO2. The van der Waals surface area contributed by atoms with Gasteiger partial charge in [-0.15, -0.1) is 0 Å². The highest BCUT2D eigenvalue weighted by atomic mass is 16.5. The molecule has 1 fully saturated rings. The molecule has 3 heteroatoms. The largest absolute Gasteiger partial charge is 0.422 e. The third-order valence-electron chi connectivity index (χ3n) is 8.14. The predicted octanol–water partition coefficient (Wildman–Crippen LogP) is 9.39. The molecule has 1 unspecified atom stereocenters. The third kappa shape index (κ3) is 8.22. The molecule has 1 aliphatic rings. The number of esters is 1. The van der Waals surface area contributed by atoms with Crippen LogP contribution in [0, 0.1) is 23.2 Å². The van der Waals surface area contributed by atoms with Gasteiger partial charge in [0.2, 0.25) is 0 Å². The van der Waals surface area contributed by atoms with Crippen LogP contribution in [0.5, 0.6) is 5.75 Å². The number of ether oxygens (including phenoxy) is 1. The Morgan fingerprint density at radius 1 is 0.944 bits per heavy atom. The highest BCUT2D eigenvalue weighted by Gasteiger charge is 2.26. The van der Waals surface area contributed by atoms with Crippen LogP contribution < -0.4 is 4.74 Å². The van der Waals surface area contributed by atoms with Crippen molar-refractivity contribution >= 4 is 5.97 Å². The summed E-state index contributed by atoms with van der Waals surface area (Å²) >= 11 is 0. The third-order valence-corrected chi connectivity index (χ3v) is 8.14. The number of rotatable bonds is 13. The maximum absolute atomic E-state index is 12.8. The van der Waals surface area contributed by atoms with Crippen molar-refractivity contribution in [1.29, 1.82) is 5.26 Å². The Morgan fingerprint density at radius 3 is 2.31 bits per heavy atom. The number of benzene rings is 2. The zero-order valence-corrected chi connectivity index (χ0v) is 22.7. The number of hydrogen-bond acceptors (Lipinski definition) is 3. The van der Waals surface area contributed by atoms with E-state index in [4.69, 9.17) is 4.74 Å². The van der Waals surface area contributed by atoms with Crippen LogP contribution in [0.25, 0.3) is 0 Å². The molecule has 1 saturated carbocycles. The first-order valence-electron chi connectivity index (χ1n) is 14.4. The maximum Gasteiger partial charge on any atom is 0.343 e. The summed E-state index contributed by atoms with van der Waals surface area (Å²) in [4.78, 5) is 12.8. The highest BCUT2D eigenvalue weighted by molar-refractivity contribution is 5.91. The van der Waals surface area contributed by atoms with Crippen LogP contribution in [0.1, 0.15) is 131 Å². The summed E-state index contributed by atoms with van der Waals surface area (Å²) < 4.78 is 5.63. The molecule has 0 heterocycles. The lowest BCUT2D eigenvalue weighted by atomic mass is 9.73. The van der Waals surface area contributed by atoms with Crippen LogP contribution in [0.4, 0.5) is 0 Å². The van der Waals surface area contributed by atoms with Crippen LogP contribution in [0.3, 0.4) is 0 Å². The van der Waals surface area contributed by atoms with Gasteiger partial charge in [0.05, 0.1) is 11.1 Å². The minimum absolute atomic E-state index is 0.344. The Hall–Kier alpha value is -2.60. The van der Waals surface area contributed by atoms with E-state index >= 15 is 0 Å². The van der Waals surface area contributed by atoms with Crippen LogP contribution in [0.15, 0.2) is 42.5 Å².